The molecular formula is C17H18FNO3. The number of halogens is 1. The van der Waals surface area contributed by atoms with Gasteiger partial charge in [-0.3, -0.25) is 4.79 Å². The molecule has 0 aliphatic carbocycles. The highest BCUT2D eigenvalue weighted by atomic mass is 19.1. The largest absolute Gasteiger partial charge is 0.495 e. The Morgan fingerprint density at radius 3 is 2.59 bits per heavy atom. The summed E-state index contributed by atoms with van der Waals surface area (Å²) in [5.74, 6) is 0.642. The number of hydrogen-bond acceptors (Lipinski definition) is 3. The number of carbonyl (C=O) groups excluding carboxylic acids is 1. The van der Waals surface area contributed by atoms with E-state index in [4.69, 9.17) is 9.47 Å². The Kier molecular flexibility index (Phi) is 5.36. The fourth-order valence-electron chi connectivity index (χ4n) is 1.92. The van der Waals surface area contributed by atoms with Gasteiger partial charge in [0.05, 0.1) is 25.8 Å². The zero-order chi connectivity index (χ0) is 15.9. The lowest BCUT2D eigenvalue weighted by Gasteiger charge is -2.11. The Hall–Kier alpha value is -2.56. The predicted octanol–water partition coefficient (Wildman–Crippen LogP) is 3.55. The molecular weight excluding hydrogens is 285 g/mol. The first-order valence-electron chi connectivity index (χ1n) is 6.91. The molecule has 2 aromatic carbocycles. The number of aryl methyl sites for hydroxylation is 1. The van der Waals surface area contributed by atoms with Gasteiger partial charge < -0.3 is 14.8 Å². The third-order valence-corrected chi connectivity index (χ3v) is 3.04. The van der Waals surface area contributed by atoms with Crippen LogP contribution in [0, 0.1) is 12.7 Å². The number of rotatable bonds is 6. The zero-order valence-electron chi connectivity index (χ0n) is 12.6. The number of ether oxygens (including phenoxy) is 2. The summed E-state index contributed by atoms with van der Waals surface area (Å²) in [5.41, 5.74) is 1.66. The molecule has 22 heavy (non-hydrogen) atoms. The van der Waals surface area contributed by atoms with Gasteiger partial charge in [-0.1, -0.05) is 6.07 Å². The molecule has 4 nitrogen and oxygen atoms in total. The summed E-state index contributed by atoms with van der Waals surface area (Å²) in [4.78, 5) is 11.9. The molecule has 1 N–H and O–H groups in total. The van der Waals surface area contributed by atoms with E-state index in [9.17, 15) is 9.18 Å². The monoisotopic (exact) mass is 303 g/mol. The summed E-state index contributed by atoms with van der Waals surface area (Å²) in [6.45, 7) is 2.15. The summed E-state index contributed by atoms with van der Waals surface area (Å²) in [5, 5.41) is 2.79. The van der Waals surface area contributed by atoms with Crippen LogP contribution in [0.15, 0.2) is 42.5 Å². The van der Waals surface area contributed by atoms with Crippen molar-refractivity contribution in [3.63, 3.8) is 0 Å². The molecule has 0 spiro atoms. The number of carbonyl (C=O) groups is 1. The van der Waals surface area contributed by atoms with Crippen molar-refractivity contribution < 1.29 is 18.7 Å². The highest BCUT2D eigenvalue weighted by molar-refractivity contribution is 5.92. The van der Waals surface area contributed by atoms with E-state index in [0.717, 1.165) is 5.56 Å². The number of amides is 1. The lowest BCUT2D eigenvalue weighted by molar-refractivity contribution is -0.116. The first kappa shape index (κ1) is 15.8. The van der Waals surface area contributed by atoms with Crippen molar-refractivity contribution in [1.82, 2.24) is 0 Å². The van der Waals surface area contributed by atoms with Gasteiger partial charge in [-0.2, -0.15) is 0 Å². The van der Waals surface area contributed by atoms with Gasteiger partial charge in [0.2, 0.25) is 5.91 Å². The lowest BCUT2D eigenvalue weighted by atomic mass is 10.2. The molecule has 0 aromatic heterocycles. The normalized spacial score (nSPS) is 10.1. The standard InChI is InChI=1S/C17H18FNO3/c1-12-3-8-16(21-2)15(11-12)19-17(20)9-10-22-14-6-4-13(18)5-7-14/h3-8,11H,9-10H2,1-2H3,(H,19,20). The molecule has 0 saturated carbocycles. The van der Waals surface area contributed by atoms with Crippen LogP contribution >= 0.6 is 0 Å². The molecule has 0 saturated heterocycles. The molecule has 0 atom stereocenters. The predicted molar refractivity (Wildman–Crippen MR) is 82.9 cm³/mol. The average molecular weight is 303 g/mol. The molecule has 2 aromatic rings. The molecule has 0 unspecified atom stereocenters. The van der Waals surface area contributed by atoms with Crippen molar-refractivity contribution in [3.8, 4) is 11.5 Å². The summed E-state index contributed by atoms with van der Waals surface area (Å²) < 4.78 is 23.3. The molecule has 0 aliphatic heterocycles. The van der Waals surface area contributed by atoms with Gasteiger partial charge >= 0.3 is 0 Å². The second kappa shape index (κ2) is 7.45. The number of nitrogens with one attached hydrogen (secondary N) is 1. The van der Waals surface area contributed by atoms with Gasteiger partial charge in [-0.05, 0) is 48.9 Å². The van der Waals surface area contributed by atoms with E-state index in [1.165, 1.54) is 24.3 Å². The zero-order valence-corrected chi connectivity index (χ0v) is 12.6. The Morgan fingerprint density at radius 2 is 1.91 bits per heavy atom. The minimum Gasteiger partial charge on any atom is -0.495 e. The van der Waals surface area contributed by atoms with Crippen LogP contribution in [0.25, 0.3) is 0 Å². The Bertz CT molecular complexity index is 641. The van der Waals surface area contributed by atoms with Crippen LogP contribution in [0.3, 0.4) is 0 Å². The van der Waals surface area contributed by atoms with Crippen LogP contribution < -0.4 is 14.8 Å². The van der Waals surface area contributed by atoms with E-state index >= 15 is 0 Å². The average Bonchev–Trinajstić information content (AvgIpc) is 2.49. The van der Waals surface area contributed by atoms with E-state index in [0.29, 0.717) is 17.2 Å². The van der Waals surface area contributed by atoms with E-state index in [1.807, 2.05) is 19.1 Å². The SMILES string of the molecule is COc1ccc(C)cc1NC(=O)CCOc1ccc(F)cc1. The fourth-order valence-corrected chi connectivity index (χ4v) is 1.92. The maximum atomic E-state index is 12.8. The maximum Gasteiger partial charge on any atom is 0.227 e. The van der Waals surface area contributed by atoms with Crippen LogP contribution in [0.5, 0.6) is 11.5 Å². The minimum atomic E-state index is -0.323. The Labute approximate surface area is 128 Å². The van der Waals surface area contributed by atoms with Crippen LogP contribution in [0.1, 0.15) is 12.0 Å². The van der Waals surface area contributed by atoms with Crippen molar-refractivity contribution >= 4 is 11.6 Å². The number of anilines is 1. The molecule has 2 rings (SSSR count). The first-order valence-corrected chi connectivity index (χ1v) is 6.91. The van der Waals surface area contributed by atoms with Crippen molar-refractivity contribution in [3.05, 3.63) is 53.8 Å². The third-order valence-electron chi connectivity index (χ3n) is 3.04. The summed E-state index contributed by atoms with van der Waals surface area (Å²) >= 11 is 0. The quantitative estimate of drug-likeness (QED) is 0.887. The molecule has 0 aliphatic rings. The van der Waals surface area contributed by atoms with Crippen molar-refractivity contribution in [2.45, 2.75) is 13.3 Å². The van der Waals surface area contributed by atoms with Gasteiger partial charge in [0, 0.05) is 0 Å². The van der Waals surface area contributed by atoms with Crippen LogP contribution in [-0.2, 0) is 4.79 Å². The summed E-state index contributed by atoms with van der Waals surface area (Å²) in [6.07, 6.45) is 0.189. The van der Waals surface area contributed by atoms with Gasteiger partial charge in [0.15, 0.2) is 0 Å². The fraction of sp³-hybridized carbons (Fsp3) is 0.235. The van der Waals surface area contributed by atoms with Crippen molar-refractivity contribution in [2.24, 2.45) is 0 Å². The van der Waals surface area contributed by atoms with E-state index in [-0.39, 0.29) is 24.8 Å². The van der Waals surface area contributed by atoms with E-state index in [2.05, 4.69) is 5.32 Å². The lowest BCUT2D eigenvalue weighted by Crippen LogP contribution is -2.15. The number of hydrogen-bond donors (Lipinski definition) is 1. The van der Waals surface area contributed by atoms with Gasteiger partial charge in [0.1, 0.15) is 17.3 Å². The topological polar surface area (TPSA) is 47.6 Å². The van der Waals surface area contributed by atoms with Gasteiger partial charge in [-0.15, -0.1) is 0 Å². The molecule has 0 heterocycles. The molecule has 116 valence electrons. The third kappa shape index (κ3) is 4.48. The van der Waals surface area contributed by atoms with E-state index in [1.54, 1.807) is 13.2 Å². The second-order valence-electron chi connectivity index (χ2n) is 4.80. The highest BCUT2D eigenvalue weighted by Gasteiger charge is 2.08. The summed E-state index contributed by atoms with van der Waals surface area (Å²) in [7, 11) is 1.55. The van der Waals surface area contributed by atoms with Gasteiger partial charge in [-0.25, -0.2) is 4.39 Å². The van der Waals surface area contributed by atoms with Crippen molar-refractivity contribution in [1.29, 1.82) is 0 Å². The van der Waals surface area contributed by atoms with Crippen LogP contribution in [0.4, 0.5) is 10.1 Å². The molecule has 5 heteroatoms. The maximum absolute atomic E-state index is 12.8. The number of benzene rings is 2. The Morgan fingerprint density at radius 1 is 1.18 bits per heavy atom. The molecule has 0 radical (unpaired) electrons. The second-order valence-corrected chi connectivity index (χ2v) is 4.80. The summed E-state index contributed by atoms with van der Waals surface area (Å²) in [6, 6.07) is 11.2. The molecule has 1 amide bonds. The smallest absolute Gasteiger partial charge is 0.227 e. The molecule has 0 fully saturated rings. The van der Waals surface area contributed by atoms with E-state index < -0.39 is 0 Å². The van der Waals surface area contributed by atoms with Gasteiger partial charge in [0.25, 0.3) is 0 Å². The Balaban J connectivity index is 1.85. The van der Waals surface area contributed by atoms with Crippen LogP contribution in [-0.4, -0.2) is 19.6 Å². The first-order chi connectivity index (χ1) is 10.6. The number of methoxy groups -OCH3 is 1. The van der Waals surface area contributed by atoms with Crippen molar-refractivity contribution in [2.75, 3.05) is 19.0 Å². The van der Waals surface area contributed by atoms with Crippen LogP contribution in [0.2, 0.25) is 0 Å². The molecule has 0 bridgehead atoms. The highest BCUT2D eigenvalue weighted by Crippen LogP contribution is 2.25. The minimum absolute atomic E-state index is 0.175.